The molecule has 1 saturated heterocycles. The van der Waals surface area contributed by atoms with Crippen LogP contribution in [-0.2, 0) is 0 Å². The molecule has 0 saturated carbocycles. The van der Waals surface area contributed by atoms with E-state index < -0.39 is 0 Å². The van der Waals surface area contributed by atoms with Crippen LogP contribution in [0.4, 0.5) is 0 Å². The van der Waals surface area contributed by atoms with Crippen LogP contribution in [0.2, 0.25) is 0 Å². The van der Waals surface area contributed by atoms with E-state index >= 15 is 0 Å². The number of likely N-dealkylation sites (tertiary alicyclic amines) is 1. The molecule has 17 heavy (non-hydrogen) atoms. The zero-order valence-electron chi connectivity index (χ0n) is 10.8. The van der Waals surface area contributed by atoms with E-state index in [2.05, 4.69) is 35.9 Å². The Morgan fingerprint density at radius 2 is 2.24 bits per heavy atom. The number of nitrogens with two attached hydrogens (primary N) is 1. The number of hydrogen-bond acceptors (Lipinski definition) is 3. The van der Waals surface area contributed by atoms with Crippen LogP contribution in [0.25, 0.3) is 0 Å². The second-order valence-electron chi connectivity index (χ2n) is 5.19. The minimum Gasteiger partial charge on any atom is -0.328 e. The van der Waals surface area contributed by atoms with Crippen molar-refractivity contribution in [3.8, 4) is 0 Å². The Kier molecular flexibility index (Phi) is 4.13. The number of pyridine rings is 1. The van der Waals surface area contributed by atoms with Gasteiger partial charge in [0.15, 0.2) is 0 Å². The van der Waals surface area contributed by atoms with Gasteiger partial charge in [0.05, 0.1) is 5.69 Å². The van der Waals surface area contributed by atoms with E-state index in [4.69, 9.17) is 5.73 Å². The molecule has 3 unspecified atom stereocenters. The van der Waals surface area contributed by atoms with Gasteiger partial charge in [-0.2, -0.15) is 0 Å². The molecule has 2 rings (SSSR count). The molecule has 0 bridgehead atoms. The van der Waals surface area contributed by atoms with E-state index in [-0.39, 0.29) is 0 Å². The summed E-state index contributed by atoms with van der Waals surface area (Å²) in [6, 6.07) is 6.84. The Balaban J connectivity index is 2.02. The topological polar surface area (TPSA) is 42.1 Å². The summed E-state index contributed by atoms with van der Waals surface area (Å²) in [6.45, 7) is 6.64. The SMILES string of the molecule is CC(N)C1CCCN(C(C)c2ccccn2)C1. The molecule has 0 aliphatic carbocycles. The van der Waals surface area contributed by atoms with E-state index in [9.17, 15) is 0 Å². The third-order valence-electron chi connectivity index (χ3n) is 3.90. The van der Waals surface area contributed by atoms with Crippen LogP contribution < -0.4 is 5.73 Å². The fourth-order valence-electron chi connectivity index (χ4n) is 2.63. The zero-order chi connectivity index (χ0) is 12.3. The zero-order valence-corrected chi connectivity index (χ0v) is 10.8. The monoisotopic (exact) mass is 233 g/mol. The molecule has 1 aromatic heterocycles. The third-order valence-corrected chi connectivity index (χ3v) is 3.90. The third kappa shape index (κ3) is 3.05. The first kappa shape index (κ1) is 12.5. The van der Waals surface area contributed by atoms with Crippen molar-refractivity contribution < 1.29 is 0 Å². The summed E-state index contributed by atoms with van der Waals surface area (Å²) in [5, 5.41) is 0. The Morgan fingerprint density at radius 1 is 1.41 bits per heavy atom. The fourth-order valence-corrected chi connectivity index (χ4v) is 2.63. The van der Waals surface area contributed by atoms with E-state index in [0.717, 1.165) is 12.2 Å². The van der Waals surface area contributed by atoms with Gasteiger partial charge in [-0.05, 0) is 51.3 Å². The van der Waals surface area contributed by atoms with Crippen LogP contribution in [0, 0.1) is 5.92 Å². The molecule has 3 atom stereocenters. The maximum Gasteiger partial charge on any atom is 0.0572 e. The highest BCUT2D eigenvalue weighted by Crippen LogP contribution is 2.26. The van der Waals surface area contributed by atoms with Crippen molar-refractivity contribution in [3.05, 3.63) is 30.1 Å². The van der Waals surface area contributed by atoms with Gasteiger partial charge in [-0.3, -0.25) is 9.88 Å². The van der Waals surface area contributed by atoms with Crippen LogP contribution >= 0.6 is 0 Å². The first-order chi connectivity index (χ1) is 8.18. The molecule has 1 aliphatic heterocycles. The second-order valence-corrected chi connectivity index (χ2v) is 5.19. The van der Waals surface area contributed by atoms with Crippen molar-refractivity contribution in [2.75, 3.05) is 13.1 Å². The Hall–Kier alpha value is -0.930. The van der Waals surface area contributed by atoms with Crippen LogP contribution in [0.1, 0.15) is 38.4 Å². The Morgan fingerprint density at radius 3 is 2.88 bits per heavy atom. The molecule has 0 amide bonds. The number of rotatable bonds is 3. The molecule has 1 fully saturated rings. The summed E-state index contributed by atoms with van der Waals surface area (Å²) in [6.07, 6.45) is 4.39. The highest BCUT2D eigenvalue weighted by atomic mass is 15.2. The van der Waals surface area contributed by atoms with Gasteiger partial charge in [0.1, 0.15) is 0 Å². The van der Waals surface area contributed by atoms with E-state index in [1.165, 1.54) is 19.4 Å². The van der Waals surface area contributed by atoms with E-state index in [0.29, 0.717) is 18.0 Å². The lowest BCUT2D eigenvalue weighted by Gasteiger charge is -2.38. The van der Waals surface area contributed by atoms with E-state index in [1.54, 1.807) is 0 Å². The van der Waals surface area contributed by atoms with Crippen molar-refractivity contribution in [1.82, 2.24) is 9.88 Å². The molecule has 3 nitrogen and oxygen atoms in total. The lowest BCUT2D eigenvalue weighted by molar-refractivity contribution is 0.119. The van der Waals surface area contributed by atoms with Crippen LogP contribution in [0.5, 0.6) is 0 Å². The minimum atomic E-state index is 0.300. The molecule has 2 N–H and O–H groups in total. The van der Waals surface area contributed by atoms with Gasteiger partial charge in [-0.1, -0.05) is 6.07 Å². The normalized spacial score (nSPS) is 25.5. The number of piperidine rings is 1. The smallest absolute Gasteiger partial charge is 0.0572 e. The Labute approximate surface area is 104 Å². The van der Waals surface area contributed by atoms with Gasteiger partial charge in [-0.25, -0.2) is 0 Å². The standard InChI is InChI=1S/C14H23N3/c1-11(15)13-6-5-9-17(10-13)12(2)14-7-3-4-8-16-14/h3-4,7-8,11-13H,5-6,9-10,15H2,1-2H3. The van der Waals surface area contributed by atoms with Crippen LogP contribution in [0.3, 0.4) is 0 Å². The summed E-state index contributed by atoms with van der Waals surface area (Å²) in [4.78, 5) is 6.96. The summed E-state index contributed by atoms with van der Waals surface area (Å²) in [5.74, 6) is 0.634. The average molecular weight is 233 g/mol. The predicted octanol–water partition coefficient (Wildman–Crippen LogP) is 2.20. The summed E-state index contributed by atoms with van der Waals surface area (Å²) in [5.41, 5.74) is 7.19. The molecule has 0 spiro atoms. The molecule has 1 aliphatic rings. The van der Waals surface area contributed by atoms with Crippen LogP contribution in [0.15, 0.2) is 24.4 Å². The van der Waals surface area contributed by atoms with Crippen molar-refractivity contribution in [3.63, 3.8) is 0 Å². The van der Waals surface area contributed by atoms with Crippen LogP contribution in [-0.4, -0.2) is 29.0 Å². The lowest BCUT2D eigenvalue weighted by Crippen LogP contribution is -2.43. The number of aromatic nitrogens is 1. The summed E-state index contributed by atoms with van der Waals surface area (Å²) >= 11 is 0. The molecule has 0 aromatic carbocycles. The Bertz CT molecular complexity index is 337. The van der Waals surface area contributed by atoms with Gasteiger partial charge >= 0.3 is 0 Å². The van der Waals surface area contributed by atoms with Gasteiger partial charge in [0, 0.05) is 24.8 Å². The molecule has 2 heterocycles. The molecule has 94 valence electrons. The van der Waals surface area contributed by atoms with E-state index in [1.807, 2.05) is 12.3 Å². The molecule has 3 heteroatoms. The van der Waals surface area contributed by atoms with Gasteiger partial charge in [0.2, 0.25) is 0 Å². The maximum atomic E-state index is 6.03. The van der Waals surface area contributed by atoms with Gasteiger partial charge < -0.3 is 5.73 Å². The first-order valence-electron chi connectivity index (χ1n) is 6.59. The molecule has 1 aromatic rings. The summed E-state index contributed by atoms with van der Waals surface area (Å²) < 4.78 is 0. The number of nitrogens with zero attached hydrogens (tertiary/aromatic N) is 2. The molecular weight excluding hydrogens is 210 g/mol. The maximum absolute atomic E-state index is 6.03. The first-order valence-corrected chi connectivity index (χ1v) is 6.59. The van der Waals surface area contributed by atoms with Crippen molar-refractivity contribution in [2.45, 2.75) is 38.8 Å². The second kappa shape index (κ2) is 5.61. The average Bonchev–Trinajstić information content (AvgIpc) is 2.39. The van der Waals surface area contributed by atoms with Gasteiger partial charge in [0.25, 0.3) is 0 Å². The van der Waals surface area contributed by atoms with Crippen molar-refractivity contribution >= 4 is 0 Å². The lowest BCUT2D eigenvalue weighted by atomic mass is 9.91. The quantitative estimate of drug-likeness (QED) is 0.870. The highest BCUT2D eigenvalue weighted by Gasteiger charge is 2.26. The highest BCUT2D eigenvalue weighted by molar-refractivity contribution is 5.08. The molecule has 0 radical (unpaired) electrons. The fraction of sp³-hybridized carbons (Fsp3) is 0.643. The minimum absolute atomic E-state index is 0.300. The number of hydrogen-bond donors (Lipinski definition) is 1. The van der Waals surface area contributed by atoms with Crippen molar-refractivity contribution in [1.29, 1.82) is 0 Å². The predicted molar refractivity (Wildman–Crippen MR) is 70.6 cm³/mol. The van der Waals surface area contributed by atoms with Crippen molar-refractivity contribution in [2.24, 2.45) is 11.7 Å². The summed E-state index contributed by atoms with van der Waals surface area (Å²) in [7, 11) is 0. The van der Waals surface area contributed by atoms with Gasteiger partial charge in [-0.15, -0.1) is 0 Å². The molecular formula is C14H23N3. The largest absolute Gasteiger partial charge is 0.328 e.